The van der Waals surface area contributed by atoms with Gasteiger partial charge >= 0.3 is 0 Å². The Hall–Kier alpha value is -1.92. The molecule has 0 radical (unpaired) electrons. The van der Waals surface area contributed by atoms with E-state index in [0.717, 1.165) is 0 Å². The maximum Gasteiger partial charge on any atom is 0.253 e. The first-order chi connectivity index (χ1) is 9.11. The molecule has 1 saturated heterocycles. The number of anilines is 1. The molecule has 4 N–H and O–H groups in total. The number of hydrogen-bond acceptors (Lipinski definition) is 4. The second-order valence-electron chi connectivity index (χ2n) is 4.46. The van der Waals surface area contributed by atoms with E-state index in [9.17, 15) is 14.7 Å². The summed E-state index contributed by atoms with van der Waals surface area (Å²) in [5, 5.41) is 17.6. The van der Waals surface area contributed by atoms with Crippen molar-refractivity contribution in [1.29, 1.82) is 0 Å². The van der Waals surface area contributed by atoms with Crippen molar-refractivity contribution in [2.45, 2.75) is 18.6 Å². The van der Waals surface area contributed by atoms with E-state index in [1.165, 1.54) is 7.05 Å². The predicted molar refractivity (Wildman–Crippen MR) is 70.9 cm³/mol. The van der Waals surface area contributed by atoms with Crippen molar-refractivity contribution in [3.63, 3.8) is 0 Å². The van der Waals surface area contributed by atoms with E-state index in [-0.39, 0.29) is 11.8 Å². The first-order valence-electron chi connectivity index (χ1n) is 6.15. The molecular weight excluding hydrogens is 246 g/mol. The molecule has 102 valence electrons. The summed E-state index contributed by atoms with van der Waals surface area (Å²) in [6.07, 6.45) is -0.113. The van der Waals surface area contributed by atoms with Crippen LogP contribution in [0, 0.1) is 0 Å². The highest BCUT2D eigenvalue weighted by atomic mass is 16.3. The molecule has 2 amide bonds. The van der Waals surface area contributed by atoms with Crippen LogP contribution in [0.25, 0.3) is 0 Å². The fourth-order valence-electron chi connectivity index (χ4n) is 2.06. The lowest BCUT2D eigenvalue weighted by Crippen LogP contribution is -2.36. The van der Waals surface area contributed by atoms with Gasteiger partial charge in [-0.05, 0) is 18.6 Å². The third kappa shape index (κ3) is 3.10. The van der Waals surface area contributed by atoms with Crippen molar-refractivity contribution >= 4 is 17.5 Å². The topological polar surface area (TPSA) is 90.5 Å². The SMILES string of the molecule is CNC(=O)c1ccccc1NC(=O)C1CC(O)CN1. The van der Waals surface area contributed by atoms with E-state index in [0.29, 0.717) is 24.2 Å². The van der Waals surface area contributed by atoms with Gasteiger partial charge < -0.3 is 21.1 Å². The normalized spacial score (nSPS) is 22.0. The molecular formula is C13H17N3O3. The second-order valence-corrected chi connectivity index (χ2v) is 4.46. The van der Waals surface area contributed by atoms with Crippen LogP contribution < -0.4 is 16.0 Å². The van der Waals surface area contributed by atoms with Gasteiger partial charge in [-0.1, -0.05) is 12.1 Å². The number of benzene rings is 1. The fraction of sp³-hybridized carbons (Fsp3) is 0.385. The molecule has 0 saturated carbocycles. The number of amides is 2. The first kappa shape index (κ1) is 13.5. The molecule has 0 aromatic heterocycles. The Labute approximate surface area is 111 Å². The maximum absolute atomic E-state index is 12.0. The van der Waals surface area contributed by atoms with Crippen LogP contribution in [0.2, 0.25) is 0 Å². The Morgan fingerprint density at radius 1 is 1.37 bits per heavy atom. The van der Waals surface area contributed by atoms with Gasteiger partial charge in [-0.2, -0.15) is 0 Å². The Morgan fingerprint density at radius 3 is 2.74 bits per heavy atom. The van der Waals surface area contributed by atoms with Crippen molar-refractivity contribution in [1.82, 2.24) is 10.6 Å². The summed E-state index contributed by atoms with van der Waals surface area (Å²) in [6, 6.07) is 6.38. The van der Waals surface area contributed by atoms with Gasteiger partial charge in [0.25, 0.3) is 5.91 Å². The van der Waals surface area contributed by atoms with Gasteiger partial charge in [0.1, 0.15) is 0 Å². The van der Waals surface area contributed by atoms with Crippen LogP contribution in [0.1, 0.15) is 16.8 Å². The van der Waals surface area contributed by atoms with Gasteiger partial charge in [-0.25, -0.2) is 0 Å². The molecule has 2 atom stereocenters. The number of carbonyl (C=O) groups excluding carboxylic acids is 2. The number of rotatable bonds is 3. The van der Waals surface area contributed by atoms with E-state index in [4.69, 9.17) is 0 Å². The van der Waals surface area contributed by atoms with Gasteiger partial charge in [0, 0.05) is 13.6 Å². The molecule has 2 rings (SSSR count). The Bertz CT molecular complexity index is 490. The minimum atomic E-state index is -0.495. The zero-order chi connectivity index (χ0) is 13.8. The van der Waals surface area contributed by atoms with Crippen molar-refractivity contribution in [2.75, 3.05) is 18.9 Å². The minimum absolute atomic E-state index is 0.243. The molecule has 0 spiro atoms. The van der Waals surface area contributed by atoms with Crippen molar-refractivity contribution in [2.24, 2.45) is 0 Å². The van der Waals surface area contributed by atoms with Crippen LogP contribution in [0.15, 0.2) is 24.3 Å². The fourth-order valence-corrected chi connectivity index (χ4v) is 2.06. The van der Waals surface area contributed by atoms with Crippen LogP contribution in [-0.2, 0) is 4.79 Å². The van der Waals surface area contributed by atoms with Gasteiger partial charge in [-0.15, -0.1) is 0 Å². The summed E-state index contributed by atoms with van der Waals surface area (Å²) in [6.45, 7) is 0.412. The lowest BCUT2D eigenvalue weighted by atomic mass is 10.1. The molecule has 1 aromatic rings. The summed E-state index contributed by atoms with van der Waals surface area (Å²) in [7, 11) is 1.54. The smallest absolute Gasteiger partial charge is 0.253 e. The quantitative estimate of drug-likeness (QED) is 0.603. The maximum atomic E-state index is 12.0. The highest BCUT2D eigenvalue weighted by Crippen LogP contribution is 2.16. The van der Waals surface area contributed by atoms with E-state index in [1.807, 2.05) is 0 Å². The zero-order valence-corrected chi connectivity index (χ0v) is 10.6. The number of hydrogen-bond donors (Lipinski definition) is 4. The molecule has 6 heteroatoms. The Balaban J connectivity index is 2.10. The number of β-amino-alcohol motifs (C(OH)–C–C–N with tert-alkyl or cyclic N) is 1. The van der Waals surface area contributed by atoms with E-state index < -0.39 is 12.1 Å². The zero-order valence-electron chi connectivity index (χ0n) is 10.6. The molecule has 1 heterocycles. The Kier molecular flexibility index (Phi) is 4.13. The molecule has 0 bridgehead atoms. The van der Waals surface area contributed by atoms with E-state index >= 15 is 0 Å². The Morgan fingerprint density at radius 2 is 2.11 bits per heavy atom. The molecule has 1 aliphatic heterocycles. The lowest BCUT2D eigenvalue weighted by molar-refractivity contribution is -0.117. The highest BCUT2D eigenvalue weighted by Gasteiger charge is 2.28. The number of carbonyl (C=O) groups is 2. The summed E-state index contributed by atoms with van der Waals surface area (Å²) in [4.78, 5) is 23.7. The van der Waals surface area contributed by atoms with E-state index in [1.54, 1.807) is 24.3 Å². The predicted octanol–water partition coefficient (Wildman–Crippen LogP) is -0.292. The summed E-state index contributed by atoms with van der Waals surface area (Å²) in [5.74, 6) is -0.497. The van der Waals surface area contributed by atoms with Crippen molar-refractivity contribution in [3.8, 4) is 0 Å². The highest BCUT2D eigenvalue weighted by molar-refractivity contribution is 6.04. The minimum Gasteiger partial charge on any atom is -0.392 e. The van der Waals surface area contributed by atoms with Crippen LogP contribution in [0.4, 0.5) is 5.69 Å². The van der Waals surface area contributed by atoms with Crippen LogP contribution in [0.5, 0.6) is 0 Å². The first-order valence-corrected chi connectivity index (χ1v) is 6.15. The third-order valence-electron chi connectivity index (χ3n) is 3.08. The largest absolute Gasteiger partial charge is 0.392 e. The molecule has 0 aliphatic carbocycles. The van der Waals surface area contributed by atoms with Gasteiger partial charge in [-0.3, -0.25) is 9.59 Å². The number of nitrogens with one attached hydrogen (secondary N) is 3. The molecule has 19 heavy (non-hydrogen) atoms. The average molecular weight is 263 g/mol. The van der Waals surface area contributed by atoms with Crippen LogP contribution in [0.3, 0.4) is 0 Å². The van der Waals surface area contributed by atoms with Crippen molar-refractivity contribution < 1.29 is 14.7 Å². The molecule has 2 unspecified atom stereocenters. The molecule has 1 aliphatic rings. The monoisotopic (exact) mass is 263 g/mol. The van der Waals surface area contributed by atoms with Gasteiger partial charge in [0.2, 0.25) is 5.91 Å². The second kappa shape index (κ2) is 5.81. The standard InChI is InChI=1S/C13H17N3O3/c1-14-12(18)9-4-2-3-5-10(9)16-13(19)11-6-8(17)7-15-11/h2-5,8,11,15,17H,6-7H2,1H3,(H,14,18)(H,16,19). The third-order valence-corrected chi connectivity index (χ3v) is 3.08. The number of aliphatic hydroxyl groups excluding tert-OH is 1. The van der Waals surface area contributed by atoms with Crippen LogP contribution >= 0.6 is 0 Å². The van der Waals surface area contributed by atoms with Gasteiger partial charge in [0.15, 0.2) is 0 Å². The molecule has 1 fully saturated rings. The number of aliphatic hydroxyl groups is 1. The van der Waals surface area contributed by atoms with Crippen LogP contribution in [-0.4, -0.2) is 42.7 Å². The number of para-hydroxylation sites is 1. The summed E-state index contributed by atoms with van der Waals surface area (Å²) >= 11 is 0. The lowest BCUT2D eigenvalue weighted by Gasteiger charge is -2.13. The summed E-state index contributed by atoms with van der Waals surface area (Å²) < 4.78 is 0. The van der Waals surface area contributed by atoms with E-state index in [2.05, 4.69) is 16.0 Å². The molecule has 1 aromatic carbocycles. The summed E-state index contributed by atoms with van der Waals surface area (Å²) in [5.41, 5.74) is 0.881. The average Bonchev–Trinajstić information content (AvgIpc) is 2.85. The van der Waals surface area contributed by atoms with Gasteiger partial charge in [0.05, 0.1) is 23.4 Å². The van der Waals surface area contributed by atoms with Crippen molar-refractivity contribution in [3.05, 3.63) is 29.8 Å². The molecule has 6 nitrogen and oxygen atoms in total.